The molecule has 0 saturated carbocycles. The summed E-state index contributed by atoms with van der Waals surface area (Å²) in [5.74, 6) is 0.426. The van der Waals surface area contributed by atoms with Gasteiger partial charge >= 0.3 is 0 Å². The molecule has 0 saturated heterocycles. The summed E-state index contributed by atoms with van der Waals surface area (Å²) in [4.78, 5) is 0. The maximum atomic E-state index is 5.47. The Balaban J connectivity index is 0.000000336. The highest BCUT2D eigenvalue weighted by molar-refractivity contribution is 5.42. The van der Waals surface area contributed by atoms with Gasteiger partial charge in [0, 0.05) is 6.20 Å². The molecule has 0 atom stereocenters. The van der Waals surface area contributed by atoms with Gasteiger partial charge in [-0.2, -0.15) is 0 Å². The molecule has 0 unspecified atom stereocenters. The molecule has 0 spiro atoms. The normalized spacial score (nSPS) is 9.17. The average Bonchev–Trinajstić information content (AvgIpc) is 2.53. The molecule has 0 bridgehead atoms. The molecule has 0 fully saturated rings. The van der Waals surface area contributed by atoms with Crippen LogP contribution in [0.1, 0.15) is 13.8 Å². The second-order valence-corrected chi connectivity index (χ2v) is 1.99. The number of aromatic nitrogens is 3. The highest BCUT2D eigenvalue weighted by atomic mass is 15.3. The lowest BCUT2D eigenvalue weighted by Gasteiger charge is -1.89. The van der Waals surface area contributed by atoms with E-state index in [1.54, 1.807) is 4.40 Å². The van der Waals surface area contributed by atoms with Crippen LogP contribution in [0.3, 0.4) is 0 Å². The van der Waals surface area contributed by atoms with E-state index in [4.69, 9.17) is 5.73 Å². The summed E-state index contributed by atoms with van der Waals surface area (Å²) < 4.78 is 1.72. The number of anilines is 1. The zero-order valence-electron chi connectivity index (χ0n) is 7.23. The minimum atomic E-state index is 0.426. The minimum absolute atomic E-state index is 0.426. The summed E-state index contributed by atoms with van der Waals surface area (Å²) in [6.07, 6.45) is 1.82. The summed E-state index contributed by atoms with van der Waals surface area (Å²) in [6, 6.07) is 5.62. The third kappa shape index (κ3) is 1.37. The number of hydrogen-bond donors (Lipinski definition) is 1. The first-order valence-corrected chi connectivity index (χ1v) is 3.93. The van der Waals surface area contributed by atoms with Crippen molar-refractivity contribution in [2.45, 2.75) is 13.8 Å². The van der Waals surface area contributed by atoms with Gasteiger partial charge < -0.3 is 5.73 Å². The van der Waals surface area contributed by atoms with Gasteiger partial charge in [-0.15, -0.1) is 10.2 Å². The molecule has 2 N–H and O–H groups in total. The molecule has 0 aliphatic heterocycles. The molecular formula is C8H12N4. The molecule has 0 amide bonds. The Morgan fingerprint density at radius 1 is 1.25 bits per heavy atom. The maximum Gasteiger partial charge on any atom is 0.226 e. The van der Waals surface area contributed by atoms with Gasteiger partial charge in [0.15, 0.2) is 5.65 Å². The van der Waals surface area contributed by atoms with E-state index in [1.165, 1.54) is 0 Å². The van der Waals surface area contributed by atoms with Gasteiger partial charge in [-0.05, 0) is 12.1 Å². The average molecular weight is 164 g/mol. The van der Waals surface area contributed by atoms with Crippen LogP contribution >= 0.6 is 0 Å². The molecule has 0 aromatic carbocycles. The van der Waals surface area contributed by atoms with Crippen LogP contribution in [0.25, 0.3) is 5.65 Å². The molecule has 4 heteroatoms. The van der Waals surface area contributed by atoms with Crippen molar-refractivity contribution in [3.05, 3.63) is 24.4 Å². The molecule has 0 aliphatic carbocycles. The molecule has 2 aromatic heterocycles. The zero-order chi connectivity index (χ0) is 8.97. The van der Waals surface area contributed by atoms with Gasteiger partial charge in [0.25, 0.3) is 0 Å². The summed E-state index contributed by atoms with van der Waals surface area (Å²) in [6.45, 7) is 4.00. The van der Waals surface area contributed by atoms with Crippen LogP contribution in [0.4, 0.5) is 5.95 Å². The quantitative estimate of drug-likeness (QED) is 0.639. The maximum absolute atomic E-state index is 5.47. The van der Waals surface area contributed by atoms with Crippen LogP contribution in [-0.4, -0.2) is 14.6 Å². The Morgan fingerprint density at radius 2 is 2.00 bits per heavy atom. The van der Waals surface area contributed by atoms with E-state index in [0.29, 0.717) is 5.95 Å². The van der Waals surface area contributed by atoms with Crippen LogP contribution in [-0.2, 0) is 0 Å². The molecule has 4 nitrogen and oxygen atoms in total. The topological polar surface area (TPSA) is 56.2 Å². The first-order valence-electron chi connectivity index (χ1n) is 3.93. The van der Waals surface area contributed by atoms with Gasteiger partial charge in [0.1, 0.15) is 0 Å². The molecule has 2 aromatic rings. The third-order valence-electron chi connectivity index (χ3n) is 1.34. The highest BCUT2D eigenvalue weighted by Crippen LogP contribution is 2.01. The molecule has 12 heavy (non-hydrogen) atoms. The lowest BCUT2D eigenvalue weighted by Crippen LogP contribution is -1.92. The first-order chi connectivity index (χ1) is 5.88. The number of rotatable bonds is 0. The smallest absolute Gasteiger partial charge is 0.226 e. The van der Waals surface area contributed by atoms with Gasteiger partial charge in [0.05, 0.1) is 0 Å². The standard InChI is InChI=1S/C6H6N4.C2H6/c7-6-9-8-5-3-1-2-4-10(5)6;1-2/h1-4H,(H2,7,9);1-2H3. The van der Waals surface area contributed by atoms with Crippen LogP contribution < -0.4 is 5.73 Å². The summed E-state index contributed by atoms with van der Waals surface area (Å²) in [7, 11) is 0. The number of nitrogens with two attached hydrogens (primary N) is 1. The van der Waals surface area contributed by atoms with Crippen LogP contribution in [0.2, 0.25) is 0 Å². The largest absolute Gasteiger partial charge is 0.368 e. The predicted octanol–water partition coefficient (Wildman–Crippen LogP) is 1.34. The lowest BCUT2D eigenvalue weighted by molar-refractivity contribution is 1.12. The van der Waals surface area contributed by atoms with E-state index in [1.807, 2.05) is 38.2 Å². The second-order valence-electron chi connectivity index (χ2n) is 1.99. The van der Waals surface area contributed by atoms with Crippen molar-refractivity contribution in [3.63, 3.8) is 0 Å². The number of hydrogen-bond acceptors (Lipinski definition) is 3. The van der Waals surface area contributed by atoms with Gasteiger partial charge in [0.2, 0.25) is 5.95 Å². The van der Waals surface area contributed by atoms with E-state index in [9.17, 15) is 0 Å². The lowest BCUT2D eigenvalue weighted by atomic mass is 10.5. The molecular weight excluding hydrogens is 152 g/mol. The fraction of sp³-hybridized carbons (Fsp3) is 0.250. The monoisotopic (exact) mass is 164 g/mol. The van der Waals surface area contributed by atoms with Crippen LogP contribution in [0, 0.1) is 0 Å². The number of fused-ring (bicyclic) bond motifs is 1. The van der Waals surface area contributed by atoms with Gasteiger partial charge in [-0.1, -0.05) is 19.9 Å². The summed E-state index contributed by atoms with van der Waals surface area (Å²) >= 11 is 0. The number of nitrogen functional groups attached to an aromatic ring is 1. The van der Waals surface area contributed by atoms with Crippen molar-refractivity contribution in [2.24, 2.45) is 0 Å². The fourth-order valence-electron chi connectivity index (χ4n) is 0.860. The third-order valence-corrected chi connectivity index (χ3v) is 1.34. The van der Waals surface area contributed by atoms with Crippen molar-refractivity contribution in [3.8, 4) is 0 Å². The van der Waals surface area contributed by atoms with Crippen molar-refractivity contribution >= 4 is 11.6 Å². The fourth-order valence-corrected chi connectivity index (χ4v) is 0.860. The van der Waals surface area contributed by atoms with Crippen molar-refractivity contribution in [2.75, 3.05) is 5.73 Å². The van der Waals surface area contributed by atoms with E-state index in [-0.39, 0.29) is 0 Å². The van der Waals surface area contributed by atoms with Gasteiger partial charge in [-0.3, -0.25) is 4.40 Å². The molecule has 0 aliphatic rings. The molecule has 2 rings (SSSR count). The number of nitrogens with zero attached hydrogens (tertiary/aromatic N) is 3. The molecule has 64 valence electrons. The Labute approximate surface area is 71.0 Å². The Bertz CT molecular complexity index is 353. The minimum Gasteiger partial charge on any atom is -0.368 e. The summed E-state index contributed by atoms with van der Waals surface area (Å²) in [5.41, 5.74) is 6.24. The zero-order valence-corrected chi connectivity index (χ0v) is 7.23. The first kappa shape index (κ1) is 8.52. The molecule has 0 radical (unpaired) electrons. The molecule has 2 heterocycles. The Morgan fingerprint density at radius 3 is 2.67 bits per heavy atom. The van der Waals surface area contributed by atoms with E-state index in [2.05, 4.69) is 10.2 Å². The van der Waals surface area contributed by atoms with Crippen molar-refractivity contribution in [1.82, 2.24) is 14.6 Å². The highest BCUT2D eigenvalue weighted by Gasteiger charge is 1.95. The van der Waals surface area contributed by atoms with Gasteiger partial charge in [-0.25, -0.2) is 0 Å². The Hall–Kier alpha value is -1.58. The Kier molecular flexibility index (Phi) is 2.63. The SMILES string of the molecule is CC.Nc1nnc2ccccn12. The predicted molar refractivity (Wildman–Crippen MR) is 48.7 cm³/mol. The second kappa shape index (κ2) is 3.71. The van der Waals surface area contributed by atoms with Crippen molar-refractivity contribution in [1.29, 1.82) is 0 Å². The van der Waals surface area contributed by atoms with E-state index < -0.39 is 0 Å². The number of pyridine rings is 1. The van der Waals surface area contributed by atoms with Crippen LogP contribution in [0.15, 0.2) is 24.4 Å². The van der Waals surface area contributed by atoms with E-state index >= 15 is 0 Å². The van der Waals surface area contributed by atoms with E-state index in [0.717, 1.165) is 5.65 Å². The van der Waals surface area contributed by atoms with Crippen LogP contribution in [0.5, 0.6) is 0 Å². The van der Waals surface area contributed by atoms with Crippen molar-refractivity contribution < 1.29 is 0 Å². The summed E-state index contributed by atoms with van der Waals surface area (Å²) in [5, 5.41) is 7.49.